The van der Waals surface area contributed by atoms with Crippen LogP contribution < -0.4 is 10.6 Å². The number of thiazole rings is 1. The Labute approximate surface area is 168 Å². The van der Waals surface area contributed by atoms with Crippen LogP contribution in [0.3, 0.4) is 0 Å². The normalized spacial score (nSPS) is 10.6. The topological polar surface area (TPSA) is 71.1 Å². The molecule has 3 rings (SSSR count). The van der Waals surface area contributed by atoms with Gasteiger partial charge in [0.05, 0.1) is 17.1 Å². The van der Waals surface area contributed by atoms with Gasteiger partial charge < -0.3 is 10.6 Å². The number of carbonyl (C=O) groups excluding carboxylic acids is 2. The van der Waals surface area contributed by atoms with E-state index in [1.165, 1.54) is 5.56 Å². The maximum Gasteiger partial charge on any atom is 0.251 e. The van der Waals surface area contributed by atoms with Crippen LogP contribution >= 0.6 is 11.3 Å². The second-order valence-corrected chi connectivity index (χ2v) is 7.99. The van der Waals surface area contributed by atoms with Gasteiger partial charge in [0.1, 0.15) is 0 Å². The number of carbonyl (C=O) groups is 2. The van der Waals surface area contributed by atoms with Crippen LogP contribution in [0.25, 0.3) is 11.3 Å². The quantitative estimate of drug-likeness (QED) is 0.680. The molecule has 144 valence electrons. The lowest BCUT2D eigenvalue weighted by Gasteiger charge is -2.10. The third kappa shape index (κ3) is 4.46. The third-order valence-corrected chi connectivity index (χ3v) is 5.41. The second kappa shape index (κ2) is 8.35. The van der Waals surface area contributed by atoms with Gasteiger partial charge in [-0.2, -0.15) is 0 Å². The summed E-state index contributed by atoms with van der Waals surface area (Å²) in [6.07, 6.45) is 0.255. The molecule has 0 aliphatic heterocycles. The Bertz CT molecular complexity index is 1020. The minimum Gasteiger partial charge on any atom is -0.355 e. The van der Waals surface area contributed by atoms with Gasteiger partial charge >= 0.3 is 0 Å². The molecule has 0 saturated heterocycles. The SMILES string of the molecule is CNC(=O)c1ccc(NC(=O)Cc2sc(C)nc2-c2ccc(C)cc2)c(C)c1. The molecule has 0 fully saturated rings. The zero-order chi connectivity index (χ0) is 20.3. The molecule has 3 aromatic rings. The Hall–Kier alpha value is -2.99. The van der Waals surface area contributed by atoms with Crippen LogP contribution in [0.5, 0.6) is 0 Å². The molecule has 0 aliphatic carbocycles. The van der Waals surface area contributed by atoms with Crippen molar-refractivity contribution < 1.29 is 9.59 Å². The van der Waals surface area contributed by atoms with Gasteiger partial charge in [-0.05, 0) is 44.5 Å². The van der Waals surface area contributed by atoms with E-state index in [1.54, 1.807) is 36.6 Å². The first-order chi connectivity index (χ1) is 13.4. The van der Waals surface area contributed by atoms with Crippen molar-refractivity contribution in [2.45, 2.75) is 27.2 Å². The molecular weight excluding hydrogens is 370 g/mol. The van der Waals surface area contributed by atoms with Crippen molar-refractivity contribution in [3.63, 3.8) is 0 Å². The van der Waals surface area contributed by atoms with Gasteiger partial charge in [-0.1, -0.05) is 29.8 Å². The van der Waals surface area contributed by atoms with Gasteiger partial charge in [-0.3, -0.25) is 9.59 Å². The summed E-state index contributed by atoms with van der Waals surface area (Å²) in [5.74, 6) is -0.253. The highest BCUT2D eigenvalue weighted by Crippen LogP contribution is 2.29. The molecule has 1 heterocycles. The first-order valence-electron chi connectivity index (χ1n) is 9.03. The highest BCUT2D eigenvalue weighted by atomic mass is 32.1. The molecule has 2 amide bonds. The molecule has 0 atom stereocenters. The summed E-state index contributed by atoms with van der Waals surface area (Å²) >= 11 is 1.54. The number of rotatable bonds is 5. The van der Waals surface area contributed by atoms with Gasteiger partial charge in [0, 0.05) is 28.7 Å². The number of aromatic nitrogens is 1. The average molecular weight is 394 g/mol. The molecule has 0 radical (unpaired) electrons. The first-order valence-corrected chi connectivity index (χ1v) is 9.85. The molecule has 0 unspecified atom stereocenters. The van der Waals surface area contributed by atoms with E-state index in [4.69, 9.17) is 0 Å². The highest BCUT2D eigenvalue weighted by molar-refractivity contribution is 7.12. The Morgan fingerprint density at radius 1 is 1.04 bits per heavy atom. The van der Waals surface area contributed by atoms with Crippen LogP contribution in [-0.2, 0) is 11.2 Å². The van der Waals surface area contributed by atoms with Crippen LogP contribution in [0.4, 0.5) is 5.69 Å². The van der Waals surface area contributed by atoms with Crippen molar-refractivity contribution in [3.05, 3.63) is 69.0 Å². The molecular formula is C22H23N3O2S. The smallest absolute Gasteiger partial charge is 0.251 e. The van der Waals surface area contributed by atoms with Gasteiger partial charge in [0.25, 0.3) is 5.91 Å². The third-order valence-electron chi connectivity index (χ3n) is 4.44. The van der Waals surface area contributed by atoms with Crippen LogP contribution in [0.15, 0.2) is 42.5 Å². The molecule has 2 aromatic carbocycles. The number of nitrogens with zero attached hydrogens (tertiary/aromatic N) is 1. The molecule has 0 aliphatic rings. The lowest BCUT2D eigenvalue weighted by atomic mass is 10.1. The van der Waals surface area contributed by atoms with E-state index >= 15 is 0 Å². The minimum atomic E-state index is -0.149. The predicted molar refractivity (Wildman–Crippen MR) is 114 cm³/mol. The van der Waals surface area contributed by atoms with Crippen molar-refractivity contribution in [1.29, 1.82) is 0 Å². The molecule has 0 spiro atoms. The average Bonchev–Trinajstić information content (AvgIpc) is 3.03. The zero-order valence-corrected chi connectivity index (χ0v) is 17.2. The zero-order valence-electron chi connectivity index (χ0n) is 16.4. The summed E-state index contributed by atoms with van der Waals surface area (Å²) < 4.78 is 0. The molecule has 28 heavy (non-hydrogen) atoms. The maximum absolute atomic E-state index is 12.6. The van der Waals surface area contributed by atoms with E-state index < -0.39 is 0 Å². The number of amides is 2. The maximum atomic E-state index is 12.6. The van der Waals surface area contributed by atoms with Gasteiger partial charge in [-0.25, -0.2) is 4.98 Å². The molecule has 1 aromatic heterocycles. The summed E-state index contributed by atoms with van der Waals surface area (Å²) in [6, 6.07) is 13.4. The monoisotopic (exact) mass is 393 g/mol. The molecule has 6 heteroatoms. The number of anilines is 1. The summed E-state index contributed by atoms with van der Waals surface area (Å²) in [6.45, 7) is 5.87. The number of hydrogen-bond acceptors (Lipinski definition) is 4. The molecule has 0 bridgehead atoms. The van der Waals surface area contributed by atoms with Crippen LogP contribution in [0.1, 0.15) is 31.4 Å². The fourth-order valence-corrected chi connectivity index (χ4v) is 3.91. The Morgan fingerprint density at radius 2 is 1.75 bits per heavy atom. The van der Waals surface area contributed by atoms with Crippen molar-refractivity contribution in [2.24, 2.45) is 0 Å². The summed E-state index contributed by atoms with van der Waals surface area (Å²) in [7, 11) is 1.59. The second-order valence-electron chi connectivity index (χ2n) is 6.70. The molecule has 0 saturated carbocycles. The first kappa shape index (κ1) is 19.8. The van der Waals surface area contributed by atoms with Gasteiger partial charge in [0.15, 0.2) is 0 Å². The van der Waals surface area contributed by atoms with E-state index in [-0.39, 0.29) is 18.2 Å². The minimum absolute atomic E-state index is 0.104. The number of benzene rings is 2. The summed E-state index contributed by atoms with van der Waals surface area (Å²) in [5.41, 5.74) is 5.18. The van der Waals surface area contributed by atoms with E-state index in [2.05, 4.69) is 15.6 Å². The lowest BCUT2D eigenvalue weighted by molar-refractivity contribution is -0.115. The van der Waals surface area contributed by atoms with Gasteiger partial charge in [-0.15, -0.1) is 11.3 Å². The highest BCUT2D eigenvalue weighted by Gasteiger charge is 2.16. The Kier molecular flexibility index (Phi) is 5.90. The van der Waals surface area contributed by atoms with E-state index in [0.717, 1.165) is 26.7 Å². The number of aryl methyl sites for hydroxylation is 3. The van der Waals surface area contributed by atoms with E-state index in [0.29, 0.717) is 11.3 Å². The number of nitrogens with one attached hydrogen (secondary N) is 2. The van der Waals surface area contributed by atoms with E-state index in [9.17, 15) is 9.59 Å². The van der Waals surface area contributed by atoms with Crippen LogP contribution in [0, 0.1) is 20.8 Å². The fourth-order valence-electron chi connectivity index (χ4n) is 2.96. The predicted octanol–water partition coefficient (Wildman–Crippen LogP) is 4.28. The summed E-state index contributed by atoms with van der Waals surface area (Å²) in [5, 5.41) is 6.48. The fraction of sp³-hybridized carbons (Fsp3) is 0.227. The van der Waals surface area contributed by atoms with Crippen molar-refractivity contribution in [1.82, 2.24) is 10.3 Å². The van der Waals surface area contributed by atoms with Crippen molar-refractivity contribution >= 4 is 28.8 Å². The number of hydrogen-bond donors (Lipinski definition) is 2. The van der Waals surface area contributed by atoms with Crippen LogP contribution in [0.2, 0.25) is 0 Å². The summed E-state index contributed by atoms with van der Waals surface area (Å²) in [4.78, 5) is 29.9. The lowest BCUT2D eigenvalue weighted by Crippen LogP contribution is -2.19. The van der Waals surface area contributed by atoms with Crippen molar-refractivity contribution in [3.8, 4) is 11.3 Å². The molecule has 2 N–H and O–H groups in total. The van der Waals surface area contributed by atoms with Crippen molar-refractivity contribution in [2.75, 3.05) is 12.4 Å². The van der Waals surface area contributed by atoms with E-state index in [1.807, 2.05) is 45.0 Å². The van der Waals surface area contributed by atoms with Crippen LogP contribution in [-0.4, -0.2) is 23.8 Å². The Balaban J connectivity index is 1.77. The van der Waals surface area contributed by atoms with Gasteiger partial charge in [0.2, 0.25) is 5.91 Å². The largest absolute Gasteiger partial charge is 0.355 e. The molecule has 5 nitrogen and oxygen atoms in total. The standard InChI is InChI=1S/C22H23N3O2S/c1-13-5-7-16(8-6-13)21-19(28-15(3)24-21)12-20(26)25-18-10-9-17(11-14(18)2)22(27)23-4/h5-11H,12H2,1-4H3,(H,23,27)(H,25,26). The Morgan fingerprint density at radius 3 is 2.39 bits per heavy atom.